The van der Waals surface area contributed by atoms with E-state index in [2.05, 4.69) is 17.2 Å². The summed E-state index contributed by atoms with van der Waals surface area (Å²) in [4.78, 5) is 4.29. The third-order valence-electron chi connectivity index (χ3n) is 3.25. The van der Waals surface area contributed by atoms with E-state index in [1.165, 1.54) is 0 Å². The Balaban J connectivity index is 2.24. The molecule has 4 heteroatoms. The first-order chi connectivity index (χ1) is 9.03. The number of nitrogens with zero attached hydrogens (tertiary/aromatic N) is 1. The number of aliphatic hydroxyl groups is 1. The molecule has 1 aromatic carbocycles. The Labute approximate surface area is 113 Å². The van der Waals surface area contributed by atoms with Gasteiger partial charge in [0.1, 0.15) is 0 Å². The molecule has 0 aliphatic carbocycles. The van der Waals surface area contributed by atoms with Crippen molar-refractivity contribution in [1.29, 1.82) is 0 Å². The van der Waals surface area contributed by atoms with Crippen molar-refractivity contribution in [3.05, 3.63) is 30.5 Å². The van der Waals surface area contributed by atoms with E-state index in [-0.39, 0.29) is 0 Å². The van der Waals surface area contributed by atoms with Crippen molar-refractivity contribution in [3.8, 4) is 0 Å². The van der Waals surface area contributed by atoms with Gasteiger partial charge in [-0.3, -0.25) is 4.98 Å². The van der Waals surface area contributed by atoms with Crippen LogP contribution in [0.3, 0.4) is 0 Å². The number of nitrogens with two attached hydrogens (primary N) is 1. The number of aromatic nitrogens is 1. The molecule has 0 amide bonds. The first-order valence-corrected chi connectivity index (χ1v) is 6.63. The summed E-state index contributed by atoms with van der Waals surface area (Å²) in [7, 11) is 0. The molecule has 1 atom stereocenters. The highest BCUT2D eigenvalue weighted by atomic mass is 16.3. The summed E-state index contributed by atoms with van der Waals surface area (Å²) >= 11 is 0. The number of anilines is 2. The third-order valence-corrected chi connectivity index (χ3v) is 3.25. The Kier molecular flexibility index (Phi) is 3.90. The zero-order chi connectivity index (χ0) is 13.9. The maximum atomic E-state index is 10.2. The van der Waals surface area contributed by atoms with Gasteiger partial charge in [-0.25, -0.2) is 0 Å². The average molecular weight is 259 g/mol. The molecular weight excluding hydrogens is 238 g/mol. The third kappa shape index (κ3) is 3.15. The van der Waals surface area contributed by atoms with Crippen LogP contribution in [0.5, 0.6) is 0 Å². The van der Waals surface area contributed by atoms with Crippen LogP contribution in [0.1, 0.15) is 26.7 Å². The Bertz CT molecular complexity index is 566. The number of nitrogens with one attached hydrogen (secondary N) is 1. The van der Waals surface area contributed by atoms with Crippen LogP contribution in [0.15, 0.2) is 30.5 Å². The van der Waals surface area contributed by atoms with Crippen LogP contribution < -0.4 is 11.1 Å². The second-order valence-electron chi connectivity index (χ2n) is 5.20. The van der Waals surface area contributed by atoms with Gasteiger partial charge in [-0.2, -0.15) is 0 Å². The van der Waals surface area contributed by atoms with Crippen molar-refractivity contribution in [2.24, 2.45) is 0 Å². The molecule has 2 aromatic rings. The minimum absolute atomic E-state index is 0.509. The summed E-state index contributed by atoms with van der Waals surface area (Å²) < 4.78 is 0. The quantitative estimate of drug-likeness (QED) is 0.722. The highest BCUT2D eigenvalue weighted by Crippen LogP contribution is 2.27. The van der Waals surface area contributed by atoms with Gasteiger partial charge in [0.15, 0.2) is 0 Å². The number of rotatable bonds is 5. The minimum Gasteiger partial charge on any atom is -0.397 e. The Hall–Kier alpha value is -1.81. The van der Waals surface area contributed by atoms with Crippen molar-refractivity contribution in [1.82, 2.24) is 4.98 Å². The molecule has 0 saturated heterocycles. The maximum Gasteiger partial charge on any atom is 0.0951 e. The molecule has 0 radical (unpaired) electrons. The molecule has 1 unspecified atom stereocenters. The lowest BCUT2D eigenvalue weighted by Gasteiger charge is -2.24. The molecule has 0 aliphatic rings. The summed E-state index contributed by atoms with van der Waals surface area (Å²) in [6.45, 7) is 4.42. The van der Waals surface area contributed by atoms with E-state index in [4.69, 9.17) is 5.73 Å². The van der Waals surface area contributed by atoms with Crippen molar-refractivity contribution >= 4 is 22.3 Å². The normalized spacial score (nSPS) is 14.3. The van der Waals surface area contributed by atoms with Crippen LogP contribution in [-0.4, -0.2) is 22.2 Å². The van der Waals surface area contributed by atoms with E-state index in [9.17, 15) is 5.11 Å². The largest absolute Gasteiger partial charge is 0.397 e. The molecule has 1 heterocycles. The molecule has 4 N–H and O–H groups in total. The van der Waals surface area contributed by atoms with Gasteiger partial charge in [0, 0.05) is 23.8 Å². The van der Waals surface area contributed by atoms with Crippen molar-refractivity contribution in [2.45, 2.75) is 32.3 Å². The second kappa shape index (κ2) is 5.45. The Morgan fingerprint density at radius 1 is 1.37 bits per heavy atom. The second-order valence-corrected chi connectivity index (χ2v) is 5.20. The molecule has 1 aromatic heterocycles. The highest BCUT2D eigenvalue weighted by molar-refractivity contribution is 5.98. The number of hydrogen-bond donors (Lipinski definition) is 3. The van der Waals surface area contributed by atoms with Crippen LogP contribution in [0.2, 0.25) is 0 Å². The summed E-state index contributed by atoms with van der Waals surface area (Å²) in [6.07, 6.45) is 3.46. The number of benzene rings is 1. The topological polar surface area (TPSA) is 71.2 Å². The van der Waals surface area contributed by atoms with Gasteiger partial charge in [-0.1, -0.05) is 13.3 Å². The summed E-state index contributed by atoms with van der Waals surface area (Å²) in [6, 6.07) is 7.64. The molecule has 102 valence electrons. The smallest absolute Gasteiger partial charge is 0.0951 e. The predicted molar refractivity (Wildman–Crippen MR) is 80.2 cm³/mol. The zero-order valence-corrected chi connectivity index (χ0v) is 11.5. The van der Waals surface area contributed by atoms with Crippen molar-refractivity contribution in [3.63, 3.8) is 0 Å². The highest BCUT2D eigenvalue weighted by Gasteiger charge is 2.19. The Morgan fingerprint density at radius 2 is 2.16 bits per heavy atom. The molecule has 19 heavy (non-hydrogen) atoms. The van der Waals surface area contributed by atoms with Crippen LogP contribution >= 0.6 is 0 Å². The minimum atomic E-state index is -0.704. The van der Waals surface area contributed by atoms with Crippen molar-refractivity contribution < 1.29 is 5.11 Å². The fourth-order valence-electron chi connectivity index (χ4n) is 2.26. The van der Waals surface area contributed by atoms with Gasteiger partial charge in [-0.15, -0.1) is 0 Å². The summed E-state index contributed by atoms with van der Waals surface area (Å²) in [5, 5.41) is 14.5. The number of hydrogen-bond acceptors (Lipinski definition) is 4. The van der Waals surface area contributed by atoms with E-state index in [0.717, 1.165) is 29.4 Å². The predicted octanol–water partition coefficient (Wildman–Crippen LogP) is 2.78. The summed E-state index contributed by atoms with van der Waals surface area (Å²) in [5.41, 5.74) is 7.63. The lowest BCUT2D eigenvalue weighted by molar-refractivity contribution is 0.0637. The fourth-order valence-corrected chi connectivity index (χ4v) is 2.26. The molecule has 0 fully saturated rings. The first kappa shape index (κ1) is 13.6. The van der Waals surface area contributed by atoms with Gasteiger partial charge >= 0.3 is 0 Å². The van der Waals surface area contributed by atoms with E-state index < -0.39 is 5.60 Å². The molecule has 4 nitrogen and oxygen atoms in total. The number of pyridine rings is 1. The zero-order valence-electron chi connectivity index (χ0n) is 11.5. The average Bonchev–Trinajstić information content (AvgIpc) is 2.38. The van der Waals surface area contributed by atoms with Crippen molar-refractivity contribution in [2.75, 3.05) is 17.6 Å². The molecular formula is C15H21N3O. The van der Waals surface area contributed by atoms with E-state index in [0.29, 0.717) is 12.2 Å². The summed E-state index contributed by atoms with van der Waals surface area (Å²) in [5.74, 6) is 0. The van der Waals surface area contributed by atoms with Crippen LogP contribution in [-0.2, 0) is 0 Å². The SMILES string of the molecule is CCCC(C)(O)CNc1ccc(N)c2ncccc12. The molecule has 0 bridgehead atoms. The molecule has 2 rings (SSSR count). The first-order valence-electron chi connectivity index (χ1n) is 6.63. The Morgan fingerprint density at radius 3 is 2.89 bits per heavy atom. The van der Waals surface area contributed by atoms with E-state index >= 15 is 0 Å². The van der Waals surface area contributed by atoms with Crippen LogP contribution in [0, 0.1) is 0 Å². The fraction of sp³-hybridized carbons (Fsp3) is 0.400. The standard InChI is InChI=1S/C15H21N3O/c1-3-8-15(2,19)10-18-13-7-6-12(16)14-11(13)5-4-9-17-14/h4-7,9,18-19H,3,8,10,16H2,1-2H3. The number of nitrogen functional groups attached to an aromatic ring is 1. The van der Waals surface area contributed by atoms with Gasteiger partial charge in [0.2, 0.25) is 0 Å². The van der Waals surface area contributed by atoms with Gasteiger partial charge in [-0.05, 0) is 37.6 Å². The maximum absolute atomic E-state index is 10.2. The van der Waals surface area contributed by atoms with Gasteiger partial charge in [0.05, 0.1) is 16.8 Å². The van der Waals surface area contributed by atoms with Crippen LogP contribution in [0.4, 0.5) is 11.4 Å². The monoisotopic (exact) mass is 259 g/mol. The molecule has 0 saturated carbocycles. The van der Waals surface area contributed by atoms with Gasteiger partial charge < -0.3 is 16.2 Å². The van der Waals surface area contributed by atoms with E-state index in [1.54, 1.807) is 6.20 Å². The lowest BCUT2D eigenvalue weighted by Crippen LogP contribution is -2.33. The van der Waals surface area contributed by atoms with Crippen LogP contribution in [0.25, 0.3) is 10.9 Å². The molecule has 0 aliphatic heterocycles. The van der Waals surface area contributed by atoms with Gasteiger partial charge in [0.25, 0.3) is 0 Å². The number of fused-ring (bicyclic) bond motifs is 1. The van der Waals surface area contributed by atoms with E-state index in [1.807, 2.05) is 31.2 Å². The lowest BCUT2D eigenvalue weighted by atomic mass is 10.0. The molecule has 0 spiro atoms.